The van der Waals surface area contributed by atoms with Crippen LogP contribution in [0.15, 0.2) is 54.6 Å². The molecule has 1 N–H and O–H groups in total. The summed E-state index contributed by atoms with van der Waals surface area (Å²) >= 11 is 0. The monoisotopic (exact) mass is 392 g/mol. The van der Waals surface area contributed by atoms with Gasteiger partial charge in [0.15, 0.2) is 0 Å². The number of hydrogen-bond acceptors (Lipinski definition) is 3. The minimum absolute atomic E-state index is 0.120. The number of carbonyl (C=O) groups is 1. The van der Waals surface area contributed by atoms with Crippen LogP contribution in [0.5, 0.6) is 0 Å². The molecule has 0 saturated carbocycles. The minimum atomic E-state index is -3.51. The minimum Gasteiger partial charge on any atom is -0.356 e. The molecule has 1 atom stereocenters. The lowest BCUT2D eigenvalue weighted by atomic mass is 10.0. The first-order valence-corrected chi connectivity index (χ1v) is 10.7. The molecule has 0 heterocycles. The molecular formula is C20H25FN2O3S. The molecule has 0 bridgehead atoms. The molecule has 0 spiro atoms. The molecule has 0 radical (unpaired) electrons. The van der Waals surface area contributed by atoms with E-state index >= 15 is 0 Å². The number of halogens is 1. The van der Waals surface area contributed by atoms with E-state index in [2.05, 4.69) is 5.32 Å². The van der Waals surface area contributed by atoms with Crippen molar-refractivity contribution in [2.24, 2.45) is 0 Å². The van der Waals surface area contributed by atoms with Crippen molar-refractivity contribution in [2.75, 3.05) is 23.7 Å². The van der Waals surface area contributed by atoms with Crippen LogP contribution in [0.25, 0.3) is 0 Å². The van der Waals surface area contributed by atoms with E-state index in [0.29, 0.717) is 18.7 Å². The Bertz CT molecular complexity index is 839. The summed E-state index contributed by atoms with van der Waals surface area (Å²) in [7, 11) is -3.51. The van der Waals surface area contributed by atoms with Crippen LogP contribution in [0.4, 0.5) is 10.1 Å². The lowest BCUT2D eigenvalue weighted by Crippen LogP contribution is -2.32. The zero-order chi connectivity index (χ0) is 19.9. The van der Waals surface area contributed by atoms with Crippen molar-refractivity contribution in [1.82, 2.24) is 5.32 Å². The van der Waals surface area contributed by atoms with Crippen LogP contribution in [0.1, 0.15) is 31.2 Å². The molecule has 0 aliphatic carbocycles. The van der Waals surface area contributed by atoms with E-state index in [1.54, 1.807) is 0 Å². The summed E-state index contributed by atoms with van der Waals surface area (Å²) in [5.74, 6) is -0.355. The van der Waals surface area contributed by atoms with Gasteiger partial charge in [0.2, 0.25) is 15.9 Å². The molecule has 5 nitrogen and oxygen atoms in total. The van der Waals surface area contributed by atoms with Gasteiger partial charge >= 0.3 is 0 Å². The molecule has 0 aromatic heterocycles. The van der Waals surface area contributed by atoms with Gasteiger partial charge in [-0.15, -0.1) is 0 Å². The Balaban J connectivity index is 1.83. The molecular weight excluding hydrogens is 367 g/mol. The number of sulfonamides is 1. The van der Waals surface area contributed by atoms with Crippen LogP contribution < -0.4 is 9.62 Å². The standard InChI is InChI=1S/C20H25FN2O3S/c1-16(17-7-4-3-5-8-17)15-22-20(24)9-6-14-23(27(2,25)26)19-12-10-18(21)11-13-19/h3-5,7-8,10-13,16H,6,9,14-15H2,1-2H3,(H,22,24). The fraction of sp³-hybridized carbons (Fsp3) is 0.350. The van der Waals surface area contributed by atoms with Crippen molar-refractivity contribution >= 4 is 21.6 Å². The first-order chi connectivity index (χ1) is 12.8. The third-order valence-electron chi connectivity index (χ3n) is 4.25. The van der Waals surface area contributed by atoms with Gasteiger partial charge in [-0.1, -0.05) is 37.3 Å². The maximum atomic E-state index is 13.1. The number of amides is 1. The van der Waals surface area contributed by atoms with Crippen molar-refractivity contribution in [2.45, 2.75) is 25.7 Å². The lowest BCUT2D eigenvalue weighted by molar-refractivity contribution is -0.121. The van der Waals surface area contributed by atoms with E-state index in [0.717, 1.165) is 11.8 Å². The molecule has 7 heteroatoms. The molecule has 2 rings (SSSR count). The number of hydrogen-bond donors (Lipinski definition) is 1. The third-order valence-corrected chi connectivity index (χ3v) is 5.45. The van der Waals surface area contributed by atoms with Gasteiger partial charge in [0.1, 0.15) is 5.82 Å². The van der Waals surface area contributed by atoms with Crippen molar-refractivity contribution in [1.29, 1.82) is 0 Å². The van der Waals surface area contributed by atoms with E-state index in [-0.39, 0.29) is 24.8 Å². The van der Waals surface area contributed by atoms with Crippen molar-refractivity contribution in [3.63, 3.8) is 0 Å². The largest absolute Gasteiger partial charge is 0.356 e. The molecule has 0 aliphatic heterocycles. The van der Waals surface area contributed by atoms with E-state index in [1.165, 1.54) is 28.6 Å². The van der Waals surface area contributed by atoms with Crippen molar-refractivity contribution < 1.29 is 17.6 Å². The van der Waals surface area contributed by atoms with Crippen LogP contribution in [-0.4, -0.2) is 33.7 Å². The van der Waals surface area contributed by atoms with Crippen molar-refractivity contribution in [3.05, 3.63) is 66.0 Å². The highest BCUT2D eigenvalue weighted by molar-refractivity contribution is 7.92. The number of rotatable bonds is 9. The predicted molar refractivity (Wildman–Crippen MR) is 106 cm³/mol. The Morgan fingerprint density at radius 2 is 1.74 bits per heavy atom. The second kappa shape index (κ2) is 9.50. The number of carbonyl (C=O) groups excluding carboxylic acids is 1. The Morgan fingerprint density at radius 3 is 2.33 bits per heavy atom. The molecule has 0 aliphatic rings. The van der Waals surface area contributed by atoms with Gasteiger partial charge in [0.25, 0.3) is 0 Å². The molecule has 27 heavy (non-hydrogen) atoms. The van der Waals surface area contributed by atoms with Gasteiger partial charge in [-0.25, -0.2) is 12.8 Å². The number of nitrogens with zero attached hydrogens (tertiary/aromatic N) is 1. The Labute approximate surface area is 160 Å². The summed E-state index contributed by atoms with van der Waals surface area (Å²) in [6.07, 6.45) is 1.68. The quantitative estimate of drug-likeness (QED) is 0.712. The third kappa shape index (κ3) is 6.67. The summed E-state index contributed by atoms with van der Waals surface area (Å²) in [5.41, 5.74) is 1.54. The van der Waals surface area contributed by atoms with Crippen LogP contribution in [0.3, 0.4) is 0 Å². The first kappa shape index (κ1) is 20.9. The summed E-state index contributed by atoms with van der Waals surface area (Å²) in [4.78, 5) is 12.1. The predicted octanol–water partition coefficient (Wildman–Crippen LogP) is 3.29. The van der Waals surface area contributed by atoms with Crippen molar-refractivity contribution in [3.8, 4) is 0 Å². The van der Waals surface area contributed by atoms with Gasteiger partial charge in [-0.05, 0) is 42.2 Å². The Hall–Kier alpha value is -2.41. The lowest BCUT2D eigenvalue weighted by Gasteiger charge is -2.22. The average Bonchev–Trinajstić information content (AvgIpc) is 2.64. The van der Waals surface area contributed by atoms with Crippen LogP contribution in [-0.2, 0) is 14.8 Å². The van der Waals surface area contributed by atoms with Gasteiger partial charge in [-0.2, -0.15) is 0 Å². The van der Waals surface area contributed by atoms with Gasteiger partial charge < -0.3 is 5.32 Å². The zero-order valence-electron chi connectivity index (χ0n) is 15.6. The summed E-state index contributed by atoms with van der Waals surface area (Å²) in [5, 5.41) is 2.88. The van der Waals surface area contributed by atoms with Crippen LogP contribution >= 0.6 is 0 Å². The summed E-state index contributed by atoms with van der Waals surface area (Å²) in [6, 6.07) is 15.2. The van der Waals surface area contributed by atoms with E-state index in [4.69, 9.17) is 0 Å². The highest BCUT2D eigenvalue weighted by Gasteiger charge is 2.17. The van der Waals surface area contributed by atoms with E-state index in [9.17, 15) is 17.6 Å². The fourth-order valence-corrected chi connectivity index (χ4v) is 3.70. The maximum Gasteiger partial charge on any atom is 0.232 e. The molecule has 146 valence electrons. The smallest absolute Gasteiger partial charge is 0.232 e. The Morgan fingerprint density at radius 1 is 1.11 bits per heavy atom. The SMILES string of the molecule is CC(CNC(=O)CCCN(c1ccc(F)cc1)S(C)(=O)=O)c1ccccc1. The first-order valence-electron chi connectivity index (χ1n) is 8.82. The van der Waals surface area contributed by atoms with Crippen LogP contribution in [0, 0.1) is 5.82 Å². The molecule has 0 fully saturated rings. The summed E-state index contributed by atoms with van der Waals surface area (Å²) < 4.78 is 38.2. The zero-order valence-corrected chi connectivity index (χ0v) is 16.4. The molecule has 2 aromatic carbocycles. The van der Waals surface area contributed by atoms with Gasteiger partial charge in [-0.3, -0.25) is 9.10 Å². The second-order valence-corrected chi connectivity index (χ2v) is 8.44. The fourth-order valence-electron chi connectivity index (χ4n) is 2.73. The topological polar surface area (TPSA) is 66.5 Å². The molecule has 0 saturated heterocycles. The highest BCUT2D eigenvalue weighted by atomic mass is 32.2. The molecule has 1 unspecified atom stereocenters. The number of nitrogens with one attached hydrogen (secondary N) is 1. The number of benzene rings is 2. The maximum absolute atomic E-state index is 13.1. The second-order valence-electron chi connectivity index (χ2n) is 6.53. The average molecular weight is 392 g/mol. The van der Waals surface area contributed by atoms with Gasteiger partial charge in [0.05, 0.1) is 11.9 Å². The van der Waals surface area contributed by atoms with E-state index < -0.39 is 15.8 Å². The van der Waals surface area contributed by atoms with Crippen LogP contribution in [0.2, 0.25) is 0 Å². The van der Waals surface area contributed by atoms with E-state index in [1.807, 2.05) is 37.3 Å². The highest BCUT2D eigenvalue weighted by Crippen LogP contribution is 2.19. The normalized spacial score (nSPS) is 12.4. The Kier molecular flexibility index (Phi) is 7.36. The van der Waals surface area contributed by atoms with Gasteiger partial charge in [0, 0.05) is 19.5 Å². The molecule has 1 amide bonds. The molecule has 2 aromatic rings. The number of anilines is 1. The summed E-state index contributed by atoms with van der Waals surface area (Å²) in [6.45, 7) is 2.72.